The van der Waals surface area contributed by atoms with Crippen LogP contribution in [0.15, 0.2) is 0 Å². The van der Waals surface area contributed by atoms with Crippen molar-refractivity contribution >= 4 is 11.9 Å². The number of ether oxygens (including phenoxy) is 4. The summed E-state index contributed by atoms with van der Waals surface area (Å²) in [6.45, 7) is 5.86. The SMILES string of the molecule is CCCOCCOC(=O)CC(O)C(=O)OCCOCCC. The normalized spacial score (nSPS) is 12.0. The number of rotatable bonds is 13. The van der Waals surface area contributed by atoms with E-state index in [1.165, 1.54) is 0 Å². The number of hydrogen-bond donors (Lipinski definition) is 1. The van der Waals surface area contributed by atoms with Gasteiger partial charge in [-0.2, -0.15) is 0 Å². The van der Waals surface area contributed by atoms with E-state index >= 15 is 0 Å². The summed E-state index contributed by atoms with van der Waals surface area (Å²) in [5, 5.41) is 9.48. The van der Waals surface area contributed by atoms with E-state index < -0.39 is 24.5 Å². The molecule has 1 N–H and O–H groups in total. The van der Waals surface area contributed by atoms with Gasteiger partial charge in [0.05, 0.1) is 19.6 Å². The Hall–Kier alpha value is -1.18. The summed E-state index contributed by atoms with van der Waals surface area (Å²) in [7, 11) is 0. The van der Waals surface area contributed by atoms with Crippen LogP contribution in [0.3, 0.4) is 0 Å². The van der Waals surface area contributed by atoms with Gasteiger partial charge in [0, 0.05) is 13.2 Å². The number of carbonyl (C=O) groups excluding carboxylic acids is 2. The Morgan fingerprint density at radius 2 is 1.38 bits per heavy atom. The fourth-order valence-corrected chi connectivity index (χ4v) is 1.30. The summed E-state index contributed by atoms with van der Waals surface area (Å²) in [6.07, 6.45) is -0.173. The molecule has 21 heavy (non-hydrogen) atoms. The zero-order valence-electron chi connectivity index (χ0n) is 12.8. The molecule has 0 fully saturated rings. The van der Waals surface area contributed by atoms with Crippen LogP contribution in [0.4, 0.5) is 0 Å². The fraction of sp³-hybridized carbons (Fsp3) is 0.857. The quantitative estimate of drug-likeness (QED) is 0.395. The molecule has 0 amide bonds. The third-order valence-electron chi connectivity index (χ3n) is 2.29. The molecule has 0 saturated heterocycles. The minimum Gasteiger partial charge on any atom is -0.463 e. The molecule has 0 radical (unpaired) electrons. The first-order valence-electron chi connectivity index (χ1n) is 7.27. The molecule has 124 valence electrons. The molecule has 0 aromatic heterocycles. The Kier molecular flexibility index (Phi) is 13.0. The van der Waals surface area contributed by atoms with Gasteiger partial charge >= 0.3 is 11.9 Å². The number of esters is 2. The molecule has 7 heteroatoms. The van der Waals surface area contributed by atoms with E-state index in [-0.39, 0.29) is 19.8 Å². The van der Waals surface area contributed by atoms with Crippen LogP contribution in [0, 0.1) is 0 Å². The standard InChI is InChI=1S/C14H26O7/c1-3-5-18-7-9-20-13(16)11-12(15)14(17)21-10-8-19-6-4-2/h12,15H,3-11H2,1-2H3. The Morgan fingerprint density at radius 1 is 0.857 bits per heavy atom. The van der Waals surface area contributed by atoms with Crippen LogP contribution in [-0.4, -0.2) is 62.8 Å². The second-order valence-electron chi connectivity index (χ2n) is 4.33. The van der Waals surface area contributed by atoms with Crippen LogP contribution in [0.2, 0.25) is 0 Å². The van der Waals surface area contributed by atoms with Crippen LogP contribution in [0.25, 0.3) is 0 Å². The van der Waals surface area contributed by atoms with Gasteiger partial charge < -0.3 is 24.1 Å². The molecule has 0 aliphatic rings. The summed E-state index contributed by atoms with van der Waals surface area (Å²) in [5.74, 6) is -1.52. The molecule has 0 saturated carbocycles. The highest BCUT2D eigenvalue weighted by atomic mass is 16.6. The first-order valence-corrected chi connectivity index (χ1v) is 7.27. The predicted molar refractivity (Wildman–Crippen MR) is 74.8 cm³/mol. The third-order valence-corrected chi connectivity index (χ3v) is 2.29. The number of aliphatic hydroxyl groups is 1. The van der Waals surface area contributed by atoms with Crippen LogP contribution < -0.4 is 0 Å². The van der Waals surface area contributed by atoms with Gasteiger partial charge in [0.15, 0.2) is 6.10 Å². The molecule has 0 aromatic carbocycles. The highest BCUT2D eigenvalue weighted by Crippen LogP contribution is 1.98. The Bertz CT molecular complexity index is 280. The van der Waals surface area contributed by atoms with Crippen molar-refractivity contribution in [1.29, 1.82) is 0 Å². The van der Waals surface area contributed by atoms with Crippen molar-refractivity contribution in [2.24, 2.45) is 0 Å². The molecule has 0 aliphatic heterocycles. The molecule has 0 rings (SSSR count). The van der Waals surface area contributed by atoms with Crippen LogP contribution >= 0.6 is 0 Å². The smallest absolute Gasteiger partial charge is 0.335 e. The fourth-order valence-electron chi connectivity index (χ4n) is 1.30. The zero-order chi connectivity index (χ0) is 15.9. The van der Waals surface area contributed by atoms with Crippen LogP contribution in [0.1, 0.15) is 33.1 Å². The third kappa shape index (κ3) is 12.3. The minimum absolute atomic E-state index is 0.0514. The highest BCUT2D eigenvalue weighted by Gasteiger charge is 2.21. The van der Waals surface area contributed by atoms with E-state index in [2.05, 4.69) is 0 Å². The monoisotopic (exact) mass is 306 g/mol. The summed E-state index contributed by atoms with van der Waals surface area (Å²) >= 11 is 0. The molecular formula is C14H26O7. The zero-order valence-corrected chi connectivity index (χ0v) is 12.8. The van der Waals surface area contributed by atoms with E-state index in [9.17, 15) is 14.7 Å². The second kappa shape index (κ2) is 13.8. The molecule has 7 nitrogen and oxygen atoms in total. The average molecular weight is 306 g/mol. The maximum atomic E-state index is 11.4. The summed E-state index contributed by atoms with van der Waals surface area (Å²) in [5.41, 5.74) is 0. The van der Waals surface area contributed by atoms with Gasteiger partial charge in [-0.25, -0.2) is 4.79 Å². The lowest BCUT2D eigenvalue weighted by molar-refractivity contribution is -0.161. The van der Waals surface area contributed by atoms with Crippen molar-refractivity contribution in [2.75, 3.05) is 39.6 Å². The van der Waals surface area contributed by atoms with E-state index in [1.807, 2.05) is 13.8 Å². The first-order chi connectivity index (χ1) is 10.1. The molecule has 0 heterocycles. The predicted octanol–water partition coefficient (Wildman–Crippen LogP) is 0.677. The van der Waals surface area contributed by atoms with Crippen molar-refractivity contribution in [1.82, 2.24) is 0 Å². The highest BCUT2D eigenvalue weighted by molar-refractivity contribution is 5.81. The van der Waals surface area contributed by atoms with Crippen molar-refractivity contribution in [3.8, 4) is 0 Å². The minimum atomic E-state index is -1.51. The van der Waals surface area contributed by atoms with Gasteiger partial charge in [0.1, 0.15) is 13.2 Å². The molecular weight excluding hydrogens is 280 g/mol. The first kappa shape index (κ1) is 19.8. The van der Waals surface area contributed by atoms with Gasteiger partial charge in [-0.15, -0.1) is 0 Å². The van der Waals surface area contributed by atoms with Crippen molar-refractivity contribution in [3.05, 3.63) is 0 Å². The molecule has 0 aromatic rings. The van der Waals surface area contributed by atoms with E-state index in [1.54, 1.807) is 0 Å². The largest absolute Gasteiger partial charge is 0.463 e. The molecule has 0 aliphatic carbocycles. The van der Waals surface area contributed by atoms with E-state index in [4.69, 9.17) is 18.9 Å². The van der Waals surface area contributed by atoms with E-state index in [0.717, 1.165) is 12.8 Å². The van der Waals surface area contributed by atoms with Crippen molar-refractivity contribution in [2.45, 2.75) is 39.2 Å². The Morgan fingerprint density at radius 3 is 1.90 bits per heavy atom. The maximum Gasteiger partial charge on any atom is 0.335 e. The summed E-state index contributed by atoms with van der Waals surface area (Å²) in [4.78, 5) is 22.7. The molecule has 0 spiro atoms. The second-order valence-corrected chi connectivity index (χ2v) is 4.33. The molecule has 0 bridgehead atoms. The number of aliphatic hydroxyl groups excluding tert-OH is 1. The molecule has 1 atom stereocenters. The van der Waals surface area contributed by atoms with Crippen LogP contribution in [0.5, 0.6) is 0 Å². The molecule has 1 unspecified atom stereocenters. The lowest BCUT2D eigenvalue weighted by atomic mass is 10.2. The van der Waals surface area contributed by atoms with Gasteiger partial charge in [-0.1, -0.05) is 13.8 Å². The number of carbonyl (C=O) groups is 2. The van der Waals surface area contributed by atoms with Crippen molar-refractivity contribution in [3.63, 3.8) is 0 Å². The van der Waals surface area contributed by atoms with Gasteiger partial charge in [0.2, 0.25) is 0 Å². The van der Waals surface area contributed by atoms with Gasteiger partial charge in [-0.3, -0.25) is 4.79 Å². The summed E-state index contributed by atoms with van der Waals surface area (Å²) < 4.78 is 19.8. The summed E-state index contributed by atoms with van der Waals surface area (Å²) in [6, 6.07) is 0. The lowest BCUT2D eigenvalue weighted by Gasteiger charge is -2.11. The van der Waals surface area contributed by atoms with Crippen molar-refractivity contribution < 1.29 is 33.6 Å². The van der Waals surface area contributed by atoms with E-state index in [0.29, 0.717) is 19.8 Å². The maximum absolute atomic E-state index is 11.4. The topological polar surface area (TPSA) is 91.3 Å². The number of hydrogen-bond acceptors (Lipinski definition) is 7. The Balaban J connectivity index is 3.62. The van der Waals surface area contributed by atoms with Crippen LogP contribution in [-0.2, 0) is 28.5 Å². The Labute approximate surface area is 125 Å². The van der Waals surface area contributed by atoms with Gasteiger partial charge in [-0.05, 0) is 12.8 Å². The van der Waals surface area contributed by atoms with Gasteiger partial charge in [0.25, 0.3) is 0 Å². The average Bonchev–Trinajstić information content (AvgIpc) is 2.46. The lowest BCUT2D eigenvalue weighted by Crippen LogP contribution is -2.28.